The fourth-order valence-corrected chi connectivity index (χ4v) is 1.79. The van der Waals surface area contributed by atoms with Crippen molar-refractivity contribution in [1.82, 2.24) is 0 Å². The summed E-state index contributed by atoms with van der Waals surface area (Å²) >= 11 is 0. The lowest BCUT2D eigenvalue weighted by Crippen LogP contribution is -2.65. The summed E-state index contributed by atoms with van der Waals surface area (Å²) in [5, 5.41) is 7.21. The molecule has 2 nitrogen and oxygen atoms in total. The lowest BCUT2D eigenvalue weighted by atomic mass is 9.85. The van der Waals surface area contributed by atoms with E-state index in [4.69, 9.17) is 0 Å². The van der Waals surface area contributed by atoms with Crippen LogP contribution in [0.4, 0.5) is 0 Å². The average Bonchev–Trinajstić information content (AvgIpc) is 2.05. The Morgan fingerprint density at radius 1 is 1.50 bits per heavy atom. The molecule has 0 amide bonds. The standard InChI is InChI=1S/C8H12N2/c1-2-4-8-7(3-1)5-6-9-10-8/h6-7H,1-5H2/p+1. The van der Waals surface area contributed by atoms with Crippen LogP contribution in [0.2, 0.25) is 0 Å². The van der Waals surface area contributed by atoms with Gasteiger partial charge in [-0.15, -0.1) is 5.10 Å². The highest BCUT2D eigenvalue weighted by Crippen LogP contribution is 2.23. The second-order valence-electron chi connectivity index (χ2n) is 3.11. The van der Waals surface area contributed by atoms with Gasteiger partial charge in [0.1, 0.15) is 0 Å². The topological polar surface area (TPSA) is 26.3 Å². The van der Waals surface area contributed by atoms with Crippen molar-refractivity contribution in [3.63, 3.8) is 0 Å². The van der Waals surface area contributed by atoms with E-state index < -0.39 is 0 Å². The molecule has 1 heterocycles. The van der Waals surface area contributed by atoms with Crippen LogP contribution in [0.25, 0.3) is 0 Å². The van der Waals surface area contributed by atoms with Crippen LogP contribution in [-0.4, -0.2) is 11.9 Å². The van der Waals surface area contributed by atoms with Crippen molar-refractivity contribution in [3.8, 4) is 0 Å². The van der Waals surface area contributed by atoms with Gasteiger partial charge in [-0.2, -0.15) is 0 Å². The van der Waals surface area contributed by atoms with Gasteiger partial charge in [0, 0.05) is 12.3 Å². The van der Waals surface area contributed by atoms with Crippen LogP contribution in [0.1, 0.15) is 32.1 Å². The van der Waals surface area contributed by atoms with Crippen molar-refractivity contribution in [2.24, 2.45) is 11.0 Å². The second kappa shape index (κ2) is 2.52. The molecule has 1 unspecified atom stereocenters. The van der Waals surface area contributed by atoms with E-state index in [1.165, 1.54) is 37.8 Å². The first-order valence-electron chi connectivity index (χ1n) is 4.10. The maximum absolute atomic E-state index is 4.26. The van der Waals surface area contributed by atoms with Crippen molar-refractivity contribution < 1.29 is 5.10 Å². The Balaban J connectivity index is 2.14. The molecule has 0 bridgehead atoms. The fourth-order valence-electron chi connectivity index (χ4n) is 1.79. The molecule has 1 aliphatic carbocycles. The molecule has 0 aromatic carbocycles. The van der Waals surface area contributed by atoms with Gasteiger partial charge in [0.2, 0.25) is 0 Å². The highest BCUT2D eigenvalue weighted by atomic mass is 15.2. The molecule has 0 saturated heterocycles. The van der Waals surface area contributed by atoms with E-state index in [2.05, 4.69) is 16.4 Å². The summed E-state index contributed by atoms with van der Waals surface area (Å²) < 4.78 is 0. The summed E-state index contributed by atoms with van der Waals surface area (Å²) in [6, 6.07) is 0. The second-order valence-corrected chi connectivity index (χ2v) is 3.11. The minimum atomic E-state index is 0.787. The van der Waals surface area contributed by atoms with Gasteiger partial charge in [0.05, 0.1) is 5.71 Å². The van der Waals surface area contributed by atoms with Crippen LogP contribution in [0.5, 0.6) is 0 Å². The van der Waals surface area contributed by atoms with Gasteiger partial charge in [-0.25, -0.2) is 0 Å². The van der Waals surface area contributed by atoms with Crippen molar-refractivity contribution in [3.05, 3.63) is 0 Å². The molecule has 2 aliphatic rings. The Morgan fingerprint density at radius 3 is 3.40 bits per heavy atom. The number of rotatable bonds is 0. The summed E-state index contributed by atoms with van der Waals surface area (Å²) in [5.41, 5.74) is 1.41. The number of nitrogens with one attached hydrogen (secondary N) is 1. The molecule has 10 heavy (non-hydrogen) atoms. The molecule has 0 aromatic heterocycles. The van der Waals surface area contributed by atoms with Gasteiger partial charge in [0.25, 0.3) is 0 Å². The number of nitrogens with zero attached hydrogens (tertiary/aromatic N) is 1. The first-order valence-corrected chi connectivity index (χ1v) is 4.10. The van der Waals surface area contributed by atoms with E-state index in [1.807, 2.05) is 0 Å². The molecular weight excluding hydrogens is 124 g/mol. The fraction of sp³-hybridized carbons (Fsp3) is 0.750. The lowest BCUT2D eigenvalue weighted by molar-refractivity contribution is -0.461. The maximum atomic E-state index is 4.26. The van der Waals surface area contributed by atoms with Gasteiger partial charge in [-0.3, -0.25) is 0 Å². The zero-order valence-corrected chi connectivity index (χ0v) is 6.14. The zero-order chi connectivity index (χ0) is 6.81. The number of fused-ring (bicyclic) bond motifs is 1. The molecule has 0 aromatic rings. The van der Waals surface area contributed by atoms with E-state index in [1.54, 1.807) is 0 Å². The van der Waals surface area contributed by atoms with Crippen LogP contribution in [-0.2, 0) is 0 Å². The van der Waals surface area contributed by atoms with E-state index in [9.17, 15) is 0 Å². The highest BCUT2D eigenvalue weighted by molar-refractivity contribution is 5.89. The Kier molecular flexibility index (Phi) is 1.53. The molecule has 1 fully saturated rings. The Bertz CT molecular complexity index is 182. The van der Waals surface area contributed by atoms with Gasteiger partial charge in [0.15, 0.2) is 6.21 Å². The molecule has 2 heteroatoms. The SMILES string of the molecule is C1=[NH+]N=C2CCCCC2C1. The van der Waals surface area contributed by atoms with E-state index in [-0.39, 0.29) is 0 Å². The molecule has 54 valence electrons. The van der Waals surface area contributed by atoms with E-state index >= 15 is 0 Å². The molecule has 1 saturated carbocycles. The van der Waals surface area contributed by atoms with Crippen LogP contribution in [0.3, 0.4) is 0 Å². The Labute approximate surface area is 61.0 Å². The van der Waals surface area contributed by atoms with E-state index in [0.29, 0.717) is 0 Å². The summed E-state index contributed by atoms with van der Waals surface area (Å²) in [4.78, 5) is 0. The van der Waals surface area contributed by atoms with Gasteiger partial charge in [-0.1, -0.05) is 6.42 Å². The molecule has 1 N–H and O–H groups in total. The van der Waals surface area contributed by atoms with Crippen molar-refractivity contribution in [2.45, 2.75) is 32.1 Å². The highest BCUT2D eigenvalue weighted by Gasteiger charge is 2.23. The quantitative estimate of drug-likeness (QED) is 0.490. The van der Waals surface area contributed by atoms with Crippen molar-refractivity contribution in [2.75, 3.05) is 0 Å². The monoisotopic (exact) mass is 137 g/mol. The molecule has 0 spiro atoms. The third kappa shape index (κ3) is 0.981. The lowest BCUT2D eigenvalue weighted by Gasteiger charge is -2.20. The van der Waals surface area contributed by atoms with Crippen LogP contribution >= 0.6 is 0 Å². The minimum Gasteiger partial charge on any atom is -0.111 e. The first-order chi connectivity index (χ1) is 4.97. The van der Waals surface area contributed by atoms with E-state index in [0.717, 1.165) is 5.92 Å². The van der Waals surface area contributed by atoms with Crippen LogP contribution in [0, 0.1) is 5.92 Å². The number of hydrogen-bond acceptors (Lipinski definition) is 1. The van der Waals surface area contributed by atoms with Crippen LogP contribution < -0.4 is 5.10 Å². The summed E-state index contributed by atoms with van der Waals surface area (Å²) in [6.45, 7) is 0. The first kappa shape index (κ1) is 6.08. The third-order valence-electron chi connectivity index (χ3n) is 2.41. The molecule has 0 radical (unpaired) electrons. The summed E-state index contributed by atoms with van der Waals surface area (Å²) in [5.74, 6) is 0.787. The molecule has 1 atom stereocenters. The molecule has 2 rings (SSSR count). The summed E-state index contributed by atoms with van der Waals surface area (Å²) in [6.07, 6.45) is 8.59. The van der Waals surface area contributed by atoms with Gasteiger partial charge < -0.3 is 0 Å². The molecule has 1 aliphatic heterocycles. The van der Waals surface area contributed by atoms with Gasteiger partial charge >= 0.3 is 0 Å². The smallest absolute Gasteiger partial charge is 0.111 e. The predicted octanol–water partition coefficient (Wildman–Crippen LogP) is 0.0877. The normalized spacial score (nSPS) is 31.2. The zero-order valence-electron chi connectivity index (χ0n) is 6.14. The van der Waals surface area contributed by atoms with Crippen LogP contribution in [0.15, 0.2) is 5.10 Å². The van der Waals surface area contributed by atoms with Gasteiger partial charge in [-0.05, 0) is 24.4 Å². The number of hydrazone groups is 1. The largest absolute Gasteiger partial charge is 0.170 e. The molecular formula is C8H13N2+. The third-order valence-corrected chi connectivity index (χ3v) is 2.41. The minimum absolute atomic E-state index is 0.787. The number of hydrogen-bond donors (Lipinski definition) is 1. The average molecular weight is 137 g/mol. The Hall–Kier alpha value is -0.660. The van der Waals surface area contributed by atoms with Crippen molar-refractivity contribution in [1.29, 1.82) is 0 Å². The maximum Gasteiger partial charge on any atom is 0.170 e. The Morgan fingerprint density at radius 2 is 2.50 bits per heavy atom. The van der Waals surface area contributed by atoms with Crippen molar-refractivity contribution >= 4 is 11.9 Å². The predicted molar refractivity (Wildman–Crippen MR) is 41.0 cm³/mol. The summed E-state index contributed by atoms with van der Waals surface area (Å²) in [7, 11) is 0.